The lowest BCUT2D eigenvalue weighted by atomic mass is 10.2. The van der Waals surface area contributed by atoms with Crippen LogP contribution in [0.4, 0.5) is 5.95 Å². The number of carbonyl (C=O) groups is 1. The lowest BCUT2D eigenvalue weighted by Crippen LogP contribution is -2.23. The van der Waals surface area contributed by atoms with E-state index in [1.54, 1.807) is 12.1 Å². The number of amides is 1. The van der Waals surface area contributed by atoms with Gasteiger partial charge in [-0.3, -0.25) is 4.79 Å². The topological polar surface area (TPSA) is 66.9 Å². The Bertz CT molecular complexity index is 584. The number of halogens is 1. The second kappa shape index (κ2) is 7.59. The van der Waals surface area contributed by atoms with E-state index in [9.17, 15) is 4.79 Å². The molecule has 6 heteroatoms. The average molecular weight is 305 g/mol. The molecule has 0 atom stereocenters. The summed E-state index contributed by atoms with van der Waals surface area (Å²) in [6, 6.07) is 7.33. The first-order valence-electron chi connectivity index (χ1n) is 6.77. The molecule has 0 spiro atoms. The summed E-state index contributed by atoms with van der Waals surface area (Å²) in [5.41, 5.74) is 1.42. The fourth-order valence-corrected chi connectivity index (χ4v) is 1.79. The van der Waals surface area contributed by atoms with Gasteiger partial charge in [-0.05, 0) is 24.1 Å². The normalized spacial score (nSPS) is 10.2. The molecule has 5 nitrogen and oxygen atoms in total. The summed E-state index contributed by atoms with van der Waals surface area (Å²) >= 11 is 5.81. The minimum absolute atomic E-state index is 0.202. The Labute approximate surface area is 128 Å². The Morgan fingerprint density at radius 1 is 1.19 bits per heavy atom. The number of carbonyl (C=O) groups excluding carboxylic acids is 1. The molecule has 2 aromatic rings. The van der Waals surface area contributed by atoms with Crippen LogP contribution in [-0.4, -0.2) is 22.4 Å². The van der Waals surface area contributed by atoms with Crippen molar-refractivity contribution in [3.63, 3.8) is 0 Å². The molecule has 0 aliphatic heterocycles. The van der Waals surface area contributed by atoms with Crippen LogP contribution in [0.5, 0.6) is 0 Å². The molecule has 1 aromatic heterocycles. The number of anilines is 1. The molecule has 0 unspecified atom stereocenters. The molecular weight excluding hydrogens is 288 g/mol. The highest BCUT2D eigenvalue weighted by Gasteiger charge is 2.06. The largest absolute Gasteiger partial charge is 0.354 e. The predicted octanol–water partition coefficient (Wildman–Crippen LogP) is 2.88. The maximum Gasteiger partial charge on any atom is 0.254 e. The van der Waals surface area contributed by atoms with Crippen molar-refractivity contribution in [2.45, 2.75) is 19.9 Å². The number of aromatic nitrogens is 2. The maximum absolute atomic E-state index is 12.0. The fourth-order valence-electron chi connectivity index (χ4n) is 1.66. The summed E-state index contributed by atoms with van der Waals surface area (Å²) in [5.74, 6) is 0.332. The third-order valence-corrected chi connectivity index (χ3v) is 3.07. The molecule has 1 aromatic carbocycles. The van der Waals surface area contributed by atoms with Gasteiger partial charge in [0.2, 0.25) is 5.95 Å². The van der Waals surface area contributed by atoms with Crippen LogP contribution in [0.3, 0.4) is 0 Å². The third kappa shape index (κ3) is 4.72. The highest BCUT2D eigenvalue weighted by molar-refractivity contribution is 6.30. The van der Waals surface area contributed by atoms with Gasteiger partial charge in [0.1, 0.15) is 0 Å². The fraction of sp³-hybridized carbons (Fsp3) is 0.267. The number of rotatable bonds is 6. The summed E-state index contributed by atoms with van der Waals surface area (Å²) in [5, 5.41) is 6.55. The van der Waals surface area contributed by atoms with Gasteiger partial charge in [-0.15, -0.1) is 0 Å². The second-order valence-electron chi connectivity index (χ2n) is 4.53. The van der Waals surface area contributed by atoms with E-state index in [2.05, 4.69) is 27.5 Å². The van der Waals surface area contributed by atoms with Crippen molar-refractivity contribution >= 4 is 23.5 Å². The Balaban J connectivity index is 1.89. The molecule has 0 saturated carbocycles. The van der Waals surface area contributed by atoms with Gasteiger partial charge in [-0.25, -0.2) is 9.97 Å². The molecule has 0 saturated heterocycles. The van der Waals surface area contributed by atoms with Gasteiger partial charge in [0.05, 0.1) is 5.56 Å². The van der Waals surface area contributed by atoms with Crippen LogP contribution in [0.15, 0.2) is 36.7 Å². The molecule has 2 N–H and O–H groups in total. The zero-order valence-corrected chi connectivity index (χ0v) is 12.5. The standard InChI is InChI=1S/C15H17ClN4O/c1-2-7-17-15-19-9-12(10-20-15)14(21)18-8-11-3-5-13(16)6-4-11/h3-6,9-10H,2,7-8H2,1H3,(H,18,21)(H,17,19,20). The van der Waals surface area contributed by atoms with Gasteiger partial charge >= 0.3 is 0 Å². The quantitative estimate of drug-likeness (QED) is 0.861. The number of benzene rings is 1. The summed E-state index contributed by atoms with van der Waals surface area (Å²) in [6.07, 6.45) is 4.02. The lowest BCUT2D eigenvalue weighted by molar-refractivity contribution is 0.0950. The molecule has 1 amide bonds. The summed E-state index contributed by atoms with van der Waals surface area (Å²) < 4.78 is 0. The first-order chi connectivity index (χ1) is 10.2. The minimum atomic E-state index is -0.202. The highest BCUT2D eigenvalue weighted by Crippen LogP contribution is 2.09. The van der Waals surface area contributed by atoms with Crippen LogP contribution < -0.4 is 10.6 Å². The molecule has 0 bridgehead atoms. The van der Waals surface area contributed by atoms with Crippen molar-refractivity contribution < 1.29 is 4.79 Å². The van der Waals surface area contributed by atoms with E-state index in [1.165, 1.54) is 12.4 Å². The van der Waals surface area contributed by atoms with Crippen LogP contribution in [-0.2, 0) is 6.54 Å². The minimum Gasteiger partial charge on any atom is -0.354 e. The molecule has 0 aliphatic rings. The van der Waals surface area contributed by atoms with E-state index in [0.717, 1.165) is 18.5 Å². The van der Waals surface area contributed by atoms with Crippen LogP contribution in [0, 0.1) is 0 Å². The Kier molecular flexibility index (Phi) is 5.51. The van der Waals surface area contributed by atoms with Crippen LogP contribution >= 0.6 is 11.6 Å². The van der Waals surface area contributed by atoms with E-state index in [1.807, 2.05) is 12.1 Å². The van der Waals surface area contributed by atoms with E-state index in [4.69, 9.17) is 11.6 Å². The van der Waals surface area contributed by atoms with Gasteiger partial charge in [0.25, 0.3) is 5.91 Å². The molecule has 110 valence electrons. The van der Waals surface area contributed by atoms with Crippen molar-refractivity contribution in [1.82, 2.24) is 15.3 Å². The Hall–Kier alpha value is -2.14. The van der Waals surface area contributed by atoms with Gasteiger partial charge in [-0.2, -0.15) is 0 Å². The molecule has 0 fully saturated rings. The van der Waals surface area contributed by atoms with E-state index in [0.29, 0.717) is 23.1 Å². The zero-order chi connectivity index (χ0) is 15.1. The summed E-state index contributed by atoms with van der Waals surface area (Å²) in [6.45, 7) is 3.31. The zero-order valence-electron chi connectivity index (χ0n) is 11.8. The summed E-state index contributed by atoms with van der Waals surface area (Å²) in [7, 11) is 0. The van der Waals surface area contributed by atoms with Crippen LogP contribution in [0.25, 0.3) is 0 Å². The maximum atomic E-state index is 12.0. The van der Waals surface area contributed by atoms with Crippen molar-refractivity contribution in [3.05, 3.63) is 52.8 Å². The van der Waals surface area contributed by atoms with Crippen molar-refractivity contribution in [1.29, 1.82) is 0 Å². The average Bonchev–Trinajstić information content (AvgIpc) is 2.52. The SMILES string of the molecule is CCCNc1ncc(C(=O)NCc2ccc(Cl)cc2)cn1. The van der Waals surface area contributed by atoms with E-state index < -0.39 is 0 Å². The molecule has 0 radical (unpaired) electrons. The first kappa shape index (κ1) is 15.3. The summed E-state index contributed by atoms with van der Waals surface area (Å²) in [4.78, 5) is 20.2. The highest BCUT2D eigenvalue weighted by atomic mass is 35.5. The number of nitrogens with one attached hydrogen (secondary N) is 2. The van der Waals surface area contributed by atoms with Crippen LogP contribution in [0.1, 0.15) is 29.3 Å². The Morgan fingerprint density at radius 2 is 1.86 bits per heavy atom. The number of nitrogens with zero attached hydrogens (tertiary/aromatic N) is 2. The number of hydrogen-bond acceptors (Lipinski definition) is 4. The van der Waals surface area contributed by atoms with Crippen molar-refractivity contribution in [3.8, 4) is 0 Å². The van der Waals surface area contributed by atoms with Gasteiger partial charge < -0.3 is 10.6 Å². The third-order valence-electron chi connectivity index (χ3n) is 2.81. The number of hydrogen-bond donors (Lipinski definition) is 2. The lowest BCUT2D eigenvalue weighted by Gasteiger charge is -2.06. The second-order valence-corrected chi connectivity index (χ2v) is 4.97. The van der Waals surface area contributed by atoms with Gasteiger partial charge in [0.15, 0.2) is 0 Å². The van der Waals surface area contributed by atoms with Crippen molar-refractivity contribution in [2.24, 2.45) is 0 Å². The van der Waals surface area contributed by atoms with Crippen molar-refractivity contribution in [2.75, 3.05) is 11.9 Å². The predicted molar refractivity (Wildman–Crippen MR) is 83.4 cm³/mol. The van der Waals surface area contributed by atoms with Gasteiger partial charge in [0, 0.05) is 30.5 Å². The molecule has 1 heterocycles. The first-order valence-corrected chi connectivity index (χ1v) is 7.15. The molecule has 0 aliphatic carbocycles. The Morgan fingerprint density at radius 3 is 2.48 bits per heavy atom. The van der Waals surface area contributed by atoms with E-state index >= 15 is 0 Å². The van der Waals surface area contributed by atoms with Gasteiger partial charge in [-0.1, -0.05) is 30.7 Å². The molecule has 2 rings (SSSR count). The smallest absolute Gasteiger partial charge is 0.254 e. The molecular formula is C15H17ClN4O. The van der Waals surface area contributed by atoms with E-state index in [-0.39, 0.29) is 5.91 Å². The van der Waals surface area contributed by atoms with Crippen LogP contribution in [0.2, 0.25) is 5.02 Å². The molecule has 21 heavy (non-hydrogen) atoms. The monoisotopic (exact) mass is 304 g/mol.